The van der Waals surface area contributed by atoms with Gasteiger partial charge in [-0.05, 0) is 152 Å². The summed E-state index contributed by atoms with van der Waals surface area (Å²) in [4.78, 5) is 157. The standard InChI is InChI=1S/2C16H20ClNO4S.C14H14ClNO3S.C13H14ClNO4S.C12H10ClNO3S.C7H8ClNS.C7H12O4.2CH4.B.Na.H2/c1-4-21-15(19)13(16(20)22-5-2)14(23-6-3)18-12-10-8-7-9-11(12)17;1-4-18(12-10-8-7-9-11(12)17)14(23)13(15(19)21-5-2)16(20)22-6-3;1-3-19-14(18)10-12(17)8-6-5-7-9(15)11(8)16-13(10)20-4-2;1-3-19-13(17)10(12(16)18-2)11(20)15-9-7-5-4-6-8(9)14;1-2-18-11-8(12(16)17)10(15)6-4-3-5-7(13)9(6)14-11;8-6-3-1-2-4-7(6)9-5-10;1-3-10-6(8)5-7(9)11-4-2;;;;;/h2*7-10,13H,4-6H2,1-3H3;5-7H,3-4H2,1-2H3,(H,16,17);4-7,10H,3H2,1-2H3,(H,15,20);3-5H,2H2,1H3,(H,14,15)(H,16,17);1-4,9-10H,5H2;3-5H2,1-2H3;2*1H4;;;1H/q;;;;;;;;;;+1;/p-1/i;;;;;;;;;;;1+1. The number of ether oxygens (including phenoxy) is 9. The van der Waals surface area contributed by atoms with E-state index < -0.39 is 82.9 Å². The molecular formula is C87H107BCl6N6NaO22S6. The fourth-order valence-electron chi connectivity index (χ4n) is 9.95. The van der Waals surface area contributed by atoms with Gasteiger partial charge in [0.2, 0.25) is 22.7 Å². The Morgan fingerprint density at radius 1 is 0.488 bits per heavy atom. The number of aromatic amines is 2. The number of para-hydroxylation sites is 6. The first kappa shape index (κ1) is 125. The number of rotatable bonds is 32. The van der Waals surface area contributed by atoms with Crippen molar-refractivity contribution in [3.63, 3.8) is 0 Å². The second-order valence-corrected chi connectivity index (χ2v) is 30.9. The van der Waals surface area contributed by atoms with Crippen LogP contribution in [0.15, 0.2) is 163 Å². The number of halogens is 6. The maximum atomic E-state index is 12.5. The van der Waals surface area contributed by atoms with E-state index in [1.54, 1.807) is 169 Å². The van der Waals surface area contributed by atoms with E-state index in [0.717, 1.165) is 23.6 Å². The summed E-state index contributed by atoms with van der Waals surface area (Å²) in [5, 5.41) is 16.7. The van der Waals surface area contributed by atoms with Gasteiger partial charge in [-0.1, -0.05) is 183 Å². The molecule has 0 aliphatic carbocycles. The van der Waals surface area contributed by atoms with E-state index in [4.69, 9.17) is 128 Å². The van der Waals surface area contributed by atoms with Gasteiger partial charge >= 0.3 is 89.3 Å². The summed E-state index contributed by atoms with van der Waals surface area (Å²) >= 11 is 54.5. The molecule has 2 aromatic heterocycles. The van der Waals surface area contributed by atoms with Gasteiger partial charge in [-0.3, -0.25) is 52.9 Å². The smallest absolute Gasteiger partial charge is 0.763 e. The first-order chi connectivity index (χ1) is 59.7. The molecule has 3 radical (unpaired) electrons. The van der Waals surface area contributed by atoms with Crippen LogP contribution in [-0.2, 0) is 93.6 Å². The molecule has 42 heteroatoms. The number of aromatic carboxylic acids is 1. The second kappa shape index (κ2) is 69.7. The Hall–Kier alpha value is -8.11. The van der Waals surface area contributed by atoms with E-state index in [1.807, 2.05) is 52.0 Å². The number of anilines is 2. The molecule has 0 spiro atoms. The first-order valence-corrected chi connectivity index (χ1v) is 45.1. The minimum Gasteiger partial charge on any atom is -0.763 e. The van der Waals surface area contributed by atoms with E-state index >= 15 is 0 Å². The van der Waals surface area contributed by atoms with Crippen molar-refractivity contribution < 1.29 is 127 Å². The third-order valence-electron chi connectivity index (χ3n) is 15.2. The average Bonchev–Trinajstić information content (AvgIpc) is 0.778. The van der Waals surface area contributed by atoms with Crippen molar-refractivity contribution in [1.82, 2.24) is 9.97 Å². The zero-order valence-electron chi connectivity index (χ0n) is 72.0. The number of aliphatic imine (C=N–C) groups is 2. The zero-order valence-corrected chi connectivity index (χ0v) is 83.5. The number of nitrogens with one attached hydrogen (secondary N) is 3. The Balaban J connectivity index is -0.000000718. The van der Waals surface area contributed by atoms with Crippen molar-refractivity contribution >= 4 is 270 Å². The molecule has 1 unspecified atom stereocenters. The van der Waals surface area contributed by atoms with Gasteiger partial charge in [0.15, 0.2) is 5.92 Å². The van der Waals surface area contributed by atoms with E-state index in [0.29, 0.717) is 103 Å². The number of carboxylic acid groups (broad SMARTS) is 1. The number of carbonyl (C=O) groups excluding carboxylic acids is 9. The number of H-pyrrole nitrogens is 2. The molecule has 6 aromatic carbocycles. The number of nitrogens with zero attached hydrogens (tertiary/aromatic N) is 3. The number of carbonyl (C=O) groups is 10. The summed E-state index contributed by atoms with van der Waals surface area (Å²) in [7, 11) is 1.16. The maximum absolute atomic E-state index is 12.5. The van der Waals surface area contributed by atoms with Gasteiger partial charge in [0.05, 0.1) is 145 Å². The fraction of sp³-hybridized carbons (Fsp3) is 0.368. The van der Waals surface area contributed by atoms with Crippen molar-refractivity contribution in [3.8, 4) is 0 Å². The number of benzene rings is 6. The van der Waals surface area contributed by atoms with Crippen LogP contribution >= 0.6 is 130 Å². The molecule has 0 bridgehead atoms. The molecular weight excluding hydrogens is 1920 g/mol. The Labute approximate surface area is 836 Å². The molecule has 0 aliphatic heterocycles. The molecule has 0 fully saturated rings. The number of thiocarbonyl (C=S) groups is 1. The molecule has 129 heavy (non-hydrogen) atoms. The van der Waals surface area contributed by atoms with Gasteiger partial charge in [-0.25, -0.2) is 14.6 Å². The predicted molar refractivity (Wildman–Crippen MR) is 528 cm³/mol. The Kier molecular flexibility index (Phi) is 67.6. The number of esters is 9. The molecule has 28 nitrogen and oxygen atoms in total. The van der Waals surface area contributed by atoms with Crippen LogP contribution in [0, 0.1) is 17.8 Å². The molecule has 2 heterocycles. The van der Waals surface area contributed by atoms with Gasteiger partial charge in [0.25, 0.3) is 0 Å². The molecule has 0 amide bonds. The summed E-state index contributed by atoms with van der Waals surface area (Å²) < 4.78 is 43.3. The number of carboxylic acids is 1. The first-order valence-electron chi connectivity index (χ1n) is 38.4. The van der Waals surface area contributed by atoms with Crippen LogP contribution in [0.1, 0.15) is 127 Å². The number of thiol groups is 1. The van der Waals surface area contributed by atoms with Crippen LogP contribution in [0.5, 0.6) is 0 Å². The summed E-state index contributed by atoms with van der Waals surface area (Å²) in [5.41, 5.74) is 2.41. The van der Waals surface area contributed by atoms with Gasteiger partial charge in [-0.2, -0.15) is 12.6 Å². The van der Waals surface area contributed by atoms with Crippen molar-refractivity contribution in [2.75, 3.05) is 99.9 Å². The molecule has 4 N–H and O–H groups in total. The van der Waals surface area contributed by atoms with E-state index in [9.17, 15) is 57.5 Å². The molecule has 1 atom stereocenters. The second-order valence-electron chi connectivity index (χ2n) is 23.5. The van der Waals surface area contributed by atoms with E-state index in [-0.39, 0.29) is 140 Å². The van der Waals surface area contributed by atoms with Crippen LogP contribution in [0.2, 0.25) is 30.1 Å². The number of hydrogen-bond acceptors (Lipinski definition) is 30. The molecule has 8 rings (SSSR count). The number of fused-ring (bicyclic) bond motifs is 2. The third kappa shape index (κ3) is 41.7. The normalized spacial score (nSPS) is 10.5. The van der Waals surface area contributed by atoms with Crippen LogP contribution in [0.25, 0.3) is 21.8 Å². The molecule has 0 saturated heterocycles. The van der Waals surface area contributed by atoms with Crippen LogP contribution in [-0.4, -0.2) is 188 Å². The molecule has 699 valence electrons. The number of thioether (sulfide) groups is 3. The summed E-state index contributed by atoms with van der Waals surface area (Å²) in [6.45, 7) is 23.0. The number of pyridine rings is 2. The van der Waals surface area contributed by atoms with Crippen molar-refractivity contribution in [2.45, 2.75) is 114 Å². The molecule has 0 aliphatic rings. The molecule has 8 aromatic rings. The van der Waals surface area contributed by atoms with Crippen molar-refractivity contribution in [1.29, 1.82) is 0 Å². The monoisotopic (exact) mass is 2020 g/mol. The number of hydrogen-bond donors (Lipinski definition) is 5. The van der Waals surface area contributed by atoms with Crippen LogP contribution < -0.4 is 50.6 Å². The fourth-order valence-corrected chi connectivity index (χ4v) is 14.5. The molecule has 0 saturated carbocycles. The predicted octanol–water partition coefficient (Wildman–Crippen LogP) is 17.1. The largest absolute Gasteiger partial charge is 1.00 e. The zero-order chi connectivity index (χ0) is 93.8. The maximum Gasteiger partial charge on any atom is 1.00 e. The van der Waals surface area contributed by atoms with Gasteiger partial charge in [0, 0.05) is 27.2 Å². The average molecular weight is 2030 g/mol. The number of methoxy groups -OCH3 is 1. The SMILES string of the molecule is C.C.CCOC(=O)C(C(=O)OC)C([S-])=Nc1ccccc1Cl.CCOC(=O)C(C(=O)OCC)C(=Nc1ccccc1Cl)SCC.CCOC(=O)C(C(=O)OCC)C(=S)N(CC)c1ccccc1Cl.CCOC(=O)CC(=O)OCC.CCOC(=O)c1c(SCC)[nH]c2c(Cl)cccc2c1=O.CCSc1[nH]c2c(Cl)cccc2c(=O)c1C(=O)O.SCNc1ccccc1Cl.[2HH].[B].[Na+]. The Morgan fingerprint density at radius 2 is 0.860 bits per heavy atom. The summed E-state index contributed by atoms with van der Waals surface area (Å²) in [6.07, 6.45) is -0.290. The summed E-state index contributed by atoms with van der Waals surface area (Å²) in [5.74, 6) is -8.53. The van der Waals surface area contributed by atoms with Crippen LogP contribution in [0.3, 0.4) is 0 Å². The minimum atomic E-state index is -1.37. The quantitative estimate of drug-likeness (QED) is 0.00223. The van der Waals surface area contributed by atoms with Crippen LogP contribution in [0.4, 0.5) is 22.7 Å². The van der Waals surface area contributed by atoms with E-state index in [1.165, 1.54) is 35.3 Å². The Bertz CT molecular complexity index is 5100. The Morgan fingerprint density at radius 3 is 1.24 bits per heavy atom. The van der Waals surface area contributed by atoms with Gasteiger partial charge in [-0.15, -0.1) is 35.3 Å². The third-order valence-corrected chi connectivity index (χ3v) is 20.7. The topological polar surface area (TPSA) is 380 Å². The number of aromatic nitrogens is 2. The minimum absolute atomic E-state index is 0. The van der Waals surface area contributed by atoms with Gasteiger partial charge in [0.1, 0.15) is 22.5 Å². The van der Waals surface area contributed by atoms with Crippen molar-refractivity contribution in [3.05, 3.63) is 195 Å². The van der Waals surface area contributed by atoms with E-state index in [2.05, 4.69) is 52.1 Å². The van der Waals surface area contributed by atoms with Crippen molar-refractivity contribution in [2.24, 2.45) is 27.7 Å². The summed E-state index contributed by atoms with van der Waals surface area (Å²) in [6, 6.07) is 38.2. The van der Waals surface area contributed by atoms with Gasteiger partial charge < -0.3 is 80.6 Å².